The van der Waals surface area contributed by atoms with Gasteiger partial charge in [-0.25, -0.2) is 9.59 Å². The highest BCUT2D eigenvalue weighted by Crippen LogP contribution is 2.60. The van der Waals surface area contributed by atoms with Gasteiger partial charge in [0.2, 0.25) is 10.9 Å². The van der Waals surface area contributed by atoms with Gasteiger partial charge in [0.05, 0.1) is 49.6 Å². The number of carbonyl (C=O) groups is 3. The van der Waals surface area contributed by atoms with Crippen molar-refractivity contribution in [3.63, 3.8) is 0 Å². The Balaban J connectivity index is 1.81. The van der Waals surface area contributed by atoms with E-state index >= 15 is 4.79 Å². The van der Waals surface area contributed by atoms with Gasteiger partial charge in [-0.2, -0.15) is 0 Å². The molecule has 13 nitrogen and oxygen atoms in total. The number of allylic oxidation sites excluding steroid dienone is 2. The van der Waals surface area contributed by atoms with Crippen molar-refractivity contribution in [1.82, 2.24) is 0 Å². The molecule has 0 aromatic heterocycles. The molecular formula is C40H38N2O11S2. The van der Waals surface area contributed by atoms with E-state index in [1.807, 2.05) is 0 Å². The topological polar surface area (TPSA) is 209 Å². The van der Waals surface area contributed by atoms with Crippen LogP contribution in [0.3, 0.4) is 0 Å². The Labute approximate surface area is 321 Å². The predicted octanol–water partition coefficient (Wildman–Crippen LogP) is 5.31. The second-order valence-corrected chi connectivity index (χ2v) is 18.7. The fraction of sp³-hybridized carbons (Fsp3) is 0.375. The molecule has 0 saturated heterocycles. The number of rotatable bonds is 7. The molecule has 0 fully saturated rings. The van der Waals surface area contributed by atoms with Crippen LogP contribution < -0.4 is 31.0 Å². The van der Waals surface area contributed by atoms with Crippen LogP contribution in [0.5, 0.6) is 11.5 Å². The van der Waals surface area contributed by atoms with Crippen LogP contribution in [-0.2, 0) is 34.0 Å². The summed E-state index contributed by atoms with van der Waals surface area (Å²) in [7, 11) is 2.67. The smallest absolute Gasteiger partial charge is 0.327 e. The number of aliphatic hydroxyl groups excluding tert-OH is 2. The Kier molecular flexibility index (Phi) is 8.15. The molecule has 0 bridgehead atoms. The lowest BCUT2D eigenvalue weighted by atomic mass is 9.80. The van der Waals surface area contributed by atoms with Crippen LogP contribution in [0, 0.1) is 0 Å². The number of aliphatic carboxylic acids is 2. The maximum absolute atomic E-state index is 15.1. The van der Waals surface area contributed by atoms with E-state index in [9.17, 15) is 39.6 Å². The van der Waals surface area contributed by atoms with E-state index in [1.165, 1.54) is 44.7 Å². The van der Waals surface area contributed by atoms with Gasteiger partial charge in [-0.05, 0) is 64.1 Å². The van der Waals surface area contributed by atoms with E-state index in [1.54, 1.807) is 34.6 Å². The van der Waals surface area contributed by atoms with Crippen molar-refractivity contribution in [3.8, 4) is 11.5 Å². The van der Waals surface area contributed by atoms with Crippen LogP contribution in [-0.4, -0.2) is 73.9 Å². The van der Waals surface area contributed by atoms with Gasteiger partial charge < -0.3 is 40.5 Å². The van der Waals surface area contributed by atoms with Crippen molar-refractivity contribution in [1.29, 1.82) is 0 Å². The lowest BCUT2D eigenvalue weighted by Crippen LogP contribution is -2.48. The molecular weight excluding hydrogens is 749 g/mol. The summed E-state index contributed by atoms with van der Waals surface area (Å²) in [6.07, 6.45) is 0.0422. The Morgan fingerprint density at radius 1 is 0.709 bits per heavy atom. The van der Waals surface area contributed by atoms with Gasteiger partial charge in [0.15, 0.2) is 17.3 Å². The second-order valence-electron chi connectivity index (χ2n) is 15.4. The highest BCUT2D eigenvalue weighted by molar-refractivity contribution is 8.01. The number of benzene rings is 5. The first-order valence-electron chi connectivity index (χ1n) is 17.5. The molecule has 1 aliphatic carbocycles. The van der Waals surface area contributed by atoms with Crippen molar-refractivity contribution in [3.05, 3.63) is 48.3 Å². The molecule has 0 radical (unpaired) electrons. The van der Waals surface area contributed by atoms with E-state index in [0.29, 0.717) is 59.0 Å². The largest absolute Gasteiger partial charge is 0.492 e. The van der Waals surface area contributed by atoms with E-state index in [2.05, 4.69) is 10.6 Å². The van der Waals surface area contributed by atoms with E-state index in [-0.39, 0.29) is 62.4 Å². The first-order chi connectivity index (χ1) is 25.9. The first-order valence-corrected chi connectivity index (χ1v) is 19.2. The molecule has 3 aliphatic rings. The van der Waals surface area contributed by atoms with Gasteiger partial charge >= 0.3 is 11.9 Å². The SMILES string of the molecule is COc1c2c3c4c(c(OC)c(=O)c5c6c(c(CO)c(c7c(CO)c8c(c(c1=O)c73)NC(C(=O)O)C(C)(C)S8)c54)SC(C)(C)C(C(=O)O)N6)C(C(C)=O)=C(C)C2. The summed E-state index contributed by atoms with van der Waals surface area (Å²) in [4.78, 5) is 70.1. The van der Waals surface area contributed by atoms with Crippen molar-refractivity contribution >= 4 is 101 Å². The number of fused-ring (bicyclic) bond motifs is 5. The summed E-state index contributed by atoms with van der Waals surface area (Å²) in [6, 6.07) is -2.33. The molecule has 2 aliphatic heterocycles. The monoisotopic (exact) mass is 786 g/mol. The van der Waals surface area contributed by atoms with Gasteiger partial charge in [-0.3, -0.25) is 14.4 Å². The van der Waals surface area contributed by atoms with Crippen molar-refractivity contribution in [2.75, 3.05) is 24.9 Å². The molecule has 55 heavy (non-hydrogen) atoms. The number of hydrogen-bond donors (Lipinski definition) is 6. The summed E-state index contributed by atoms with van der Waals surface area (Å²) in [5, 5.41) is 52.2. The van der Waals surface area contributed by atoms with Gasteiger partial charge in [0.25, 0.3) is 0 Å². The first kappa shape index (κ1) is 37.1. The van der Waals surface area contributed by atoms with E-state index in [4.69, 9.17) is 9.47 Å². The zero-order valence-corrected chi connectivity index (χ0v) is 32.9. The molecule has 2 heterocycles. The lowest BCUT2D eigenvalue weighted by Gasteiger charge is -2.40. The minimum absolute atomic E-state index is 0.0422. The average molecular weight is 787 g/mol. The molecule has 6 N–H and O–H groups in total. The molecule has 286 valence electrons. The fourth-order valence-corrected chi connectivity index (χ4v) is 11.9. The highest BCUT2D eigenvalue weighted by atomic mass is 32.2. The third kappa shape index (κ3) is 4.66. The molecule has 5 aromatic rings. The highest BCUT2D eigenvalue weighted by Gasteiger charge is 2.47. The Morgan fingerprint density at radius 3 is 1.55 bits per heavy atom. The summed E-state index contributed by atoms with van der Waals surface area (Å²) in [5.74, 6) is -2.90. The van der Waals surface area contributed by atoms with Gasteiger partial charge in [-0.15, -0.1) is 23.5 Å². The van der Waals surface area contributed by atoms with Crippen LogP contribution >= 0.6 is 23.5 Å². The molecule has 0 spiro atoms. The Hall–Kier alpha value is -4.83. The number of thioether (sulfide) groups is 2. The van der Waals surface area contributed by atoms with Gasteiger partial charge in [0, 0.05) is 63.3 Å². The van der Waals surface area contributed by atoms with Crippen molar-refractivity contribution in [2.45, 2.75) is 92.5 Å². The number of carboxylic acid groups (broad SMARTS) is 2. The summed E-state index contributed by atoms with van der Waals surface area (Å²) in [6.45, 7) is 8.89. The minimum Gasteiger partial charge on any atom is -0.492 e. The standard InChI is InChI=1S/C40H38N2O11S2/c1-12-9-14-18-21-19(15(10-43)33-27(25(21)29(46)31(14)52-7)41-35(37(48)49)39(3,4)54-33)20-16(11-44)34-28(42-36(38(50)51)40(5,6)55-34)26-23(20)22(18)24(17(12)13(2)45)32(53-8)30(26)47/h35-36,41-44H,9-11H2,1-8H3,(H,48,49)(H,50,51). The number of aliphatic hydroxyl groups is 2. The molecule has 15 heteroatoms. The van der Waals surface area contributed by atoms with E-state index in [0.717, 1.165) is 0 Å². The number of anilines is 2. The van der Waals surface area contributed by atoms with Crippen molar-refractivity contribution < 1.29 is 44.3 Å². The maximum Gasteiger partial charge on any atom is 0.327 e. The number of carboxylic acids is 2. The van der Waals surface area contributed by atoms with Crippen LogP contribution in [0.15, 0.2) is 25.0 Å². The zero-order chi connectivity index (χ0) is 40.0. The maximum atomic E-state index is 15.1. The van der Waals surface area contributed by atoms with Crippen LogP contribution in [0.25, 0.3) is 48.7 Å². The fourth-order valence-electron chi connectivity index (χ4n) is 9.23. The Morgan fingerprint density at radius 2 is 1.15 bits per heavy atom. The minimum atomic E-state index is -1.17. The number of methoxy groups -OCH3 is 2. The molecule has 2 atom stereocenters. The number of ether oxygens (including phenoxy) is 2. The number of nitrogens with one attached hydrogen (secondary N) is 2. The summed E-state index contributed by atoms with van der Waals surface area (Å²) < 4.78 is 9.82. The van der Waals surface area contributed by atoms with Crippen LogP contribution in [0.1, 0.15) is 63.8 Å². The number of hydrogen-bond acceptors (Lipinski definition) is 13. The molecule has 0 amide bonds. The third-order valence-corrected chi connectivity index (χ3v) is 14.2. The van der Waals surface area contributed by atoms with Gasteiger partial charge in [0.1, 0.15) is 12.1 Å². The quantitative estimate of drug-likeness (QED) is 0.0912. The average Bonchev–Trinajstić information content (AvgIpc) is 3.23. The van der Waals surface area contributed by atoms with Crippen LogP contribution in [0.2, 0.25) is 0 Å². The van der Waals surface area contributed by atoms with E-state index < -0.39 is 57.6 Å². The number of carbonyl (C=O) groups excluding carboxylic acids is 1. The van der Waals surface area contributed by atoms with Crippen molar-refractivity contribution in [2.24, 2.45) is 0 Å². The Bertz CT molecular complexity index is 2790. The zero-order valence-electron chi connectivity index (χ0n) is 31.2. The number of Topliss-reactive ketones (excluding diaryl/α,β-unsaturated/α-hetero) is 1. The molecule has 2 unspecified atom stereocenters. The molecule has 0 saturated carbocycles. The third-order valence-electron chi connectivity index (χ3n) is 11.4. The normalized spacial score (nSPS) is 19.7. The number of ketones is 1. The molecule has 5 aromatic carbocycles. The second kappa shape index (κ2) is 12.1. The lowest BCUT2D eigenvalue weighted by molar-refractivity contribution is -0.139. The van der Waals surface area contributed by atoms with Crippen LogP contribution in [0.4, 0.5) is 11.4 Å². The summed E-state index contributed by atoms with van der Waals surface area (Å²) >= 11 is 2.37. The summed E-state index contributed by atoms with van der Waals surface area (Å²) in [5.41, 5.74) is 1.16. The predicted molar refractivity (Wildman–Crippen MR) is 213 cm³/mol. The molecule has 8 rings (SSSR count). The van der Waals surface area contributed by atoms with Gasteiger partial charge in [-0.1, -0.05) is 5.57 Å².